The predicted octanol–water partition coefficient (Wildman–Crippen LogP) is 4.45. The van der Waals surface area contributed by atoms with Crippen LogP contribution in [0, 0.1) is 0 Å². The number of hydrogen-bond donors (Lipinski definition) is 1. The molecular formula is C22H28Cl2O6. The first-order valence-corrected chi connectivity index (χ1v) is 9.99. The number of ether oxygens (including phenoxy) is 4. The van der Waals surface area contributed by atoms with Gasteiger partial charge in [-0.3, -0.25) is 4.79 Å². The van der Waals surface area contributed by atoms with Gasteiger partial charge in [0.2, 0.25) is 0 Å². The van der Waals surface area contributed by atoms with E-state index in [1.54, 1.807) is 31.4 Å². The second kappa shape index (κ2) is 15.3. The Kier molecular flexibility index (Phi) is 13.5. The average molecular weight is 459 g/mol. The molecule has 1 N–H and O–H groups in total. The molecule has 0 aliphatic carbocycles. The van der Waals surface area contributed by atoms with E-state index in [-0.39, 0.29) is 26.0 Å². The maximum atomic E-state index is 11.4. The second-order valence-corrected chi connectivity index (χ2v) is 7.13. The van der Waals surface area contributed by atoms with Gasteiger partial charge in [0, 0.05) is 36.2 Å². The molecule has 0 saturated heterocycles. The van der Waals surface area contributed by atoms with Gasteiger partial charge in [0.15, 0.2) is 5.78 Å². The Hall–Kier alpha value is -1.51. The number of hydrogen-bond acceptors (Lipinski definition) is 6. The molecule has 0 aliphatic heterocycles. The molecule has 0 radical (unpaired) electrons. The van der Waals surface area contributed by atoms with Crippen molar-refractivity contribution in [3.05, 3.63) is 69.7 Å². The number of halogens is 2. The van der Waals surface area contributed by atoms with Gasteiger partial charge in [-0.1, -0.05) is 59.6 Å². The van der Waals surface area contributed by atoms with E-state index in [2.05, 4.69) is 0 Å². The first-order valence-electron chi connectivity index (χ1n) is 9.24. The summed E-state index contributed by atoms with van der Waals surface area (Å²) in [5, 5.41) is 10.8. The molecule has 166 valence electrons. The van der Waals surface area contributed by atoms with E-state index in [9.17, 15) is 9.90 Å². The highest BCUT2D eigenvalue weighted by atomic mass is 35.5. The van der Waals surface area contributed by atoms with Crippen LogP contribution in [0.1, 0.15) is 24.2 Å². The van der Waals surface area contributed by atoms with E-state index in [1.165, 1.54) is 14.0 Å². The molecule has 6 nitrogen and oxygen atoms in total. The Morgan fingerprint density at radius 2 is 1.57 bits per heavy atom. The second-order valence-electron chi connectivity index (χ2n) is 6.31. The van der Waals surface area contributed by atoms with Crippen LogP contribution in [-0.2, 0) is 30.2 Å². The molecule has 0 amide bonds. The minimum absolute atomic E-state index is 0.0650. The van der Waals surface area contributed by atoms with Crippen LogP contribution in [0.15, 0.2) is 48.5 Å². The van der Waals surface area contributed by atoms with Crippen molar-refractivity contribution in [2.45, 2.75) is 25.6 Å². The fraction of sp³-hybridized carbons (Fsp3) is 0.409. The molecule has 0 bridgehead atoms. The Bertz CT molecular complexity index is 756. The van der Waals surface area contributed by atoms with Crippen LogP contribution in [0.2, 0.25) is 10.0 Å². The van der Waals surface area contributed by atoms with Crippen molar-refractivity contribution in [3.8, 4) is 0 Å². The van der Waals surface area contributed by atoms with Gasteiger partial charge in [0.1, 0.15) is 19.7 Å². The summed E-state index contributed by atoms with van der Waals surface area (Å²) in [6, 6.07) is 14.6. The molecular weight excluding hydrogens is 431 g/mol. The Balaban J connectivity index is 0.000000300. The topological polar surface area (TPSA) is 74.2 Å². The van der Waals surface area contributed by atoms with Gasteiger partial charge < -0.3 is 24.1 Å². The number of aliphatic hydroxyl groups excluding tert-OH is 1. The van der Waals surface area contributed by atoms with Crippen LogP contribution in [0.5, 0.6) is 0 Å². The first kappa shape index (κ1) is 26.5. The van der Waals surface area contributed by atoms with Crippen molar-refractivity contribution in [2.75, 3.05) is 34.4 Å². The summed E-state index contributed by atoms with van der Waals surface area (Å²) in [6.07, 6.45) is -0.720. The highest BCUT2D eigenvalue weighted by molar-refractivity contribution is 6.31. The predicted molar refractivity (Wildman–Crippen MR) is 117 cm³/mol. The molecule has 2 rings (SSSR count). The number of rotatable bonds is 11. The van der Waals surface area contributed by atoms with Gasteiger partial charge in [0.05, 0.1) is 12.7 Å². The van der Waals surface area contributed by atoms with E-state index >= 15 is 0 Å². The van der Waals surface area contributed by atoms with E-state index in [4.69, 9.17) is 42.1 Å². The molecule has 8 heteroatoms. The number of methoxy groups -OCH3 is 2. The summed E-state index contributed by atoms with van der Waals surface area (Å²) in [4.78, 5) is 11.4. The van der Waals surface area contributed by atoms with Crippen molar-refractivity contribution < 1.29 is 28.8 Å². The third kappa shape index (κ3) is 10.00. The van der Waals surface area contributed by atoms with Gasteiger partial charge in [-0.05, 0) is 24.6 Å². The van der Waals surface area contributed by atoms with Gasteiger partial charge >= 0.3 is 0 Å². The zero-order chi connectivity index (χ0) is 22.4. The molecule has 0 unspecified atom stereocenters. The lowest BCUT2D eigenvalue weighted by Gasteiger charge is -2.15. The highest BCUT2D eigenvalue weighted by Gasteiger charge is 2.19. The van der Waals surface area contributed by atoms with Crippen LogP contribution in [-0.4, -0.2) is 51.4 Å². The van der Waals surface area contributed by atoms with Crippen molar-refractivity contribution in [1.82, 2.24) is 0 Å². The van der Waals surface area contributed by atoms with Crippen LogP contribution in [0.25, 0.3) is 0 Å². The van der Waals surface area contributed by atoms with Crippen LogP contribution in [0.4, 0.5) is 0 Å². The summed E-state index contributed by atoms with van der Waals surface area (Å²) < 4.78 is 19.8. The lowest BCUT2D eigenvalue weighted by molar-refractivity contribution is -0.138. The molecule has 0 aromatic heterocycles. The summed E-state index contributed by atoms with van der Waals surface area (Å²) in [6.45, 7) is 1.97. The normalized spacial score (nSPS) is 12.6. The quantitative estimate of drug-likeness (QED) is 0.395. The lowest BCUT2D eigenvalue weighted by Crippen LogP contribution is -2.19. The van der Waals surface area contributed by atoms with Gasteiger partial charge in [0.25, 0.3) is 0 Å². The standard InChI is InChI=1S/C11H13ClO3.C11H15ClO3/c1-8(13)11(15-7-14-2)9-5-3-4-6-10(9)12;1-14-8-15-7-10(13)6-9-4-2-3-5-11(9)12/h3-6,11H,7H2,1-2H3;2-5,10,13H,6-8H2,1H3/t11-;10-/m11/s1. The van der Waals surface area contributed by atoms with Crippen molar-refractivity contribution >= 4 is 29.0 Å². The molecule has 0 fully saturated rings. The van der Waals surface area contributed by atoms with Crippen LogP contribution < -0.4 is 0 Å². The Morgan fingerprint density at radius 3 is 2.13 bits per heavy atom. The molecule has 0 aliphatic rings. The number of ketones is 1. The molecule has 2 aromatic rings. The summed E-state index contributed by atoms with van der Waals surface area (Å²) >= 11 is 11.9. The molecule has 0 saturated carbocycles. The molecule has 2 aromatic carbocycles. The number of Topliss-reactive ketones (excluding diaryl/α,β-unsaturated/α-hetero) is 1. The van der Waals surface area contributed by atoms with E-state index in [0.29, 0.717) is 22.0 Å². The van der Waals surface area contributed by atoms with Crippen LogP contribution in [0.3, 0.4) is 0 Å². The molecule has 2 atom stereocenters. The van der Waals surface area contributed by atoms with Crippen molar-refractivity contribution in [1.29, 1.82) is 0 Å². The SMILES string of the molecule is COCOC[C@H](O)Cc1ccccc1Cl.COCO[C@H](C(C)=O)c1ccccc1Cl. The summed E-state index contributed by atoms with van der Waals surface area (Å²) in [5.41, 5.74) is 1.59. The summed E-state index contributed by atoms with van der Waals surface area (Å²) in [5.74, 6) is -0.0971. The van der Waals surface area contributed by atoms with Crippen molar-refractivity contribution in [2.24, 2.45) is 0 Å². The fourth-order valence-corrected chi connectivity index (χ4v) is 2.94. The largest absolute Gasteiger partial charge is 0.390 e. The Labute approximate surface area is 187 Å². The minimum atomic E-state index is -0.654. The number of carbonyl (C=O) groups excluding carboxylic acids is 1. The smallest absolute Gasteiger partial charge is 0.163 e. The number of aliphatic hydroxyl groups is 1. The zero-order valence-corrected chi connectivity index (χ0v) is 18.9. The average Bonchev–Trinajstić information content (AvgIpc) is 2.72. The molecule has 0 heterocycles. The maximum Gasteiger partial charge on any atom is 0.163 e. The van der Waals surface area contributed by atoms with E-state index < -0.39 is 12.2 Å². The third-order valence-electron chi connectivity index (χ3n) is 3.83. The van der Waals surface area contributed by atoms with E-state index in [1.807, 2.05) is 24.3 Å². The van der Waals surface area contributed by atoms with Gasteiger partial charge in [-0.25, -0.2) is 0 Å². The molecule has 0 spiro atoms. The van der Waals surface area contributed by atoms with Crippen LogP contribution >= 0.6 is 23.2 Å². The maximum absolute atomic E-state index is 11.4. The van der Waals surface area contributed by atoms with Gasteiger partial charge in [-0.15, -0.1) is 0 Å². The highest BCUT2D eigenvalue weighted by Crippen LogP contribution is 2.26. The van der Waals surface area contributed by atoms with E-state index in [0.717, 1.165) is 5.56 Å². The lowest BCUT2D eigenvalue weighted by atomic mass is 10.1. The Morgan fingerprint density at radius 1 is 0.967 bits per heavy atom. The third-order valence-corrected chi connectivity index (χ3v) is 4.55. The monoisotopic (exact) mass is 458 g/mol. The zero-order valence-electron chi connectivity index (χ0n) is 17.3. The minimum Gasteiger partial charge on any atom is -0.390 e. The number of carbonyl (C=O) groups is 1. The summed E-state index contributed by atoms with van der Waals surface area (Å²) in [7, 11) is 3.05. The van der Waals surface area contributed by atoms with Crippen molar-refractivity contribution in [3.63, 3.8) is 0 Å². The first-order chi connectivity index (χ1) is 14.4. The van der Waals surface area contributed by atoms with Gasteiger partial charge in [-0.2, -0.15) is 0 Å². The molecule has 30 heavy (non-hydrogen) atoms. The number of benzene rings is 2. The fourth-order valence-electron chi connectivity index (χ4n) is 2.49.